The van der Waals surface area contributed by atoms with E-state index in [0.29, 0.717) is 0 Å². The van der Waals surface area contributed by atoms with Gasteiger partial charge < -0.3 is 10.1 Å². The zero-order chi connectivity index (χ0) is 15.4. The molecule has 0 fully saturated rings. The lowest BCUT2D eigenvalue weighted by atomic mass is 9.96. The van der Waals surface area contributed by atoms with Crippen LogP contribution in [0.1, 0.15) is 38.7 Å². The van der Waals surface area contributed by atoms with Crippen molar-refractivity contribution in [3.8, 4) is 5.75 Å². The van der Waals surface area contributed by atoms with E-state index in [4.69, 9.17) is 4.74 Å². The highest BCUT2D eigenvalue weighted by atomic mass is 16.5. The monoisotopic (exact) mass is 285 g/mol. The molecule has 0 aliphatic heterocycles. The summed E-state index contributed by atoms with van der Waals surface area (Å²) < 4.78 is 5.23. The smallest absolute Gasteiger partial charge is 0.227 e. The standard InChI is InChI=1S/C18H23NO2/c1-5-12(2)19-18(20)13(3)14-6-7-16-11-17(21-4)9-8-15(16)10-14/h6-13H,5H2,1-4H3,(H,19,20)/t12-,13+/m1/s1. The van der Waals surface area contributed by atoms with Crippen molar-refractivity contribution in [1.82, 2.24) is 5.32 Å². The summed E-state index contributed by atoms with van der Waals surface area (Å²) in [7, 11) is 1.66. The van der Waals surface area contributed by atoms with Gasteiger partial charge >= 0.3 is 0 Å². The molecule has 0 aliphatic rings. The zero-order valence-corrected chi connectivity index (χ0v) is 13.1. The lowest BCUT2D eigenvalue weighted by molar-refractivity contribution is -0.122. The molecule has 1 amide bonds. The Kier molecular flexibility index (Phi) is 4.84. The largest absolute Gasteiger partial charge is 0.497 e. The summed E-state index contributed by atoms with van der Waals surface area (Å²) in [6.07, 6.45) is 0.940. The van der Waals surface area contributed by atoms with Gasteiger partial charge in [0.15, 0.2) is 0 Å². The van der Waals surface area contributed by atoms with Gasteiger partial charge in [-0.2, -0.15) is 0 Å². The van der Waals surface area contributed by atoms with E-state index in [0.717, 1.165) is 28.5 Å². The van der Waals surface area contributed by atoms with Crippen molar-refractivity contribution in [1.29, 1.82) is 0 Å². The van der Waals surface area contributed by atoms with E-state index in [9.17, 15) is 4.79 Å². The molecule has 2 atom stereocenters. The Balaban J connectivity index is 2.24. The number of nitrogens with one attached hydrogen (secondary N) is 1. The molecular formula is C18H23NO2. The van der Waals surface area contributed by atoms with E-state index in [1.165, 1.54) is 0 Å². The van der Waals surface area contributed by atoms with Crippen molar-refractivity contribution in [3.63, 3.8) is 0 Å². The van der Waals surface area contributed by atoms with Crippen LogP contribution in [0.2, 0.25) is 0 Å². The zero-order valence-electron chi connectivity index (χ0n) is 13.1. The minimum absolute atomic E-state index is 0.0808. The number of methoxy groups -OCH3 is 1. The topological polar surface area (TPSA) is 38.3 Å². The van der Waals surface area contributed by atoms with Crippen LogP contribution in [0.25, 0.3) is 10.8 Å². The second-order valence-corrected chi connectivity index (χ2v) is 5.51. The highest BCUT2D eigenvalue weighted by Gasteiger charge is 2.16. The highest BCUT2D eigenvalue weighted by molar-refractivity contribution is 5.88. The summed E-state index contributed by atoms with van der Waals surface area (Å²) in [6.45, 7) is 6.04. The molecular weight excluding hydrogens is 262 g/mol. The Morgan fingerprint density at radius 2 is 1.81 bits per heavy atom. The molecule has 0 spiro atoms. The third-order valence-corrected chi connectivity index (χ3v) is 3.97. The normalized spacial score (nSPS) is 13.7. The number of carbonyl (C=O) groups excluding carboxylic acids is 1. The fourth-order valence-electron chi connectivity index (χ4n) is 2.26. The maximum atomic E-state index is 12.2. The summed E-state index contributed by atoms with van der Waals surface area (Å²) in [5.41, 5.74) is 1.04. The first-order chi connectivity index (χ1) is 10.0. The first-order valence-corrected chi connectivity index (χ1v) is 7.43. The predicted molar refractivity (Wildman–Crippen MR) is 86.8 cm³/mol. The maximum Gasteiger partial charge on any atom is 0.227 e. The lowest BCUT2D eigenvalue weighted by Gasteiger charge is -2.17. The third kappa shape index (κ3) is 3.54. The Morgan fingerprint density at radius 3 is 2.48 bits per heavy atom. The quantitative estimate of drug-likeness (QED) is 0.905. The molecule has 0 saturated heterocycles. The third-order valence-electron chi connectivity index (χ3n) is 3.97. The number of hydrogen-bond acceptors (Lipinski definition) is 2. The Bertz CT molecular complexity index is 636. The van der Waals surface area contributed by atoms with Crippen LogP contribution in [-0.2, 0) is 4.79 Å². The number of amides is 1. The van der Waals surface area contributed by atoms with E-state index < -0.39 is 0 Å². The average molecular weight is 285 g/mol. The molecule has 0 saturated carbocycles. The van der Waals surface area contributed by atoms with Gasteiger partial charge in [0, 0.05) is 6.04 Å². The van der Waals surface area contributed by atoms with Crippen LogP contribution in [0.3, 0.4) is 0 Å². The summed E-state index contributed by atoms with van der Waals surface area (Å²) in [5.74, 6) is 0.778. The molecule has 0 heterocycles. The Labute approximate surface area is 126 Å². The van der Waals surface area contributed by atoms with Crippen molar-refractivity contribution >= 4 is 16.7 Å². The minimum atomic E-state index is -0.148. The van der Waals surface area contributed by atoms with Gasteiger partial charge in [-0.05, 0) is 48.7 Å². The molecule has 3 heteroatoms. The van der Waals surface area contributed by atoms with Gasteiger partial charge in [-0.15, -0.1) is 0 Å². The van der Waals surface area contributed by atoms with Crippen molar-refractivity contribution < 1.29 is 9.53 Å². The average Bonchev–Trinajstić information content (AvgIpc) is 2.52. The van der Waals surface area contributed by atoms with Crippen LogP contribution in [-0.4, -0.2) is 19.1 Å². The first-order valence-electron chi connectivity index (χ1n) is 7.43. The number of rotatable bonds is 5. The van der Waals surface area contributed by atoms with E-state index in [-0.39, 0.29) is 17.9 Å². The summed E-state index contributed by atoms with van der Waals surface area (Å²) in [5, 5.41) is 5.28. The number of carbonyl (C=O) groups is 1. The van der Waals surface area contributed by atoms with E-state index in [1.54, 1.807) is 7.11 Å². The van der Waals surface area contributed by atoms with Crippen molar-refractivity contribution in [2.24, 2.45) is 0 Å². The number of fused-ring (bicyclic) bond motifs is 1. The molecule has 0 aromatic heterocycles. The van der Waals surface area contributed by atoms with Gasteiger partial charge in [0.25, 0.3) is 0 Å². The van der Waals surface area contributed by atoms with Crippen LogP contribution in [0.4, 0.5) is 0 Å². The van der Waals surface area contributed by atoms with Gasteiger partial charge in [-0.1, -0.05) is 31.2 Å². The molecule has 112 valence electrons. The molecule has 1 N–H and O–H groups in total. The van der Waals surface area contributed by atoms with Crippen LogP contribution < -0.4 is 10.1 Å². The second-order valence-electron chi connectivity index (χ2n) is 5.51. The second kappa shape index (κ2) is 6.61. The van der Waals surface area contributed by atoms with Gasteiger partial charge in [0.2, 0.25) is 5.91 Å². The summed E-state index contributed by atoms with van der Waals surface area (Å²) in [4.78, 5) is 12.2. The first kappa shape index (κ1) is 15.4. The van der Waals surface area contributed by atoms with Crippen molar-refractivity contribution in [2.45, 2.75) is 39.2 Å². The molecule has 2 rings (SSSR count). The molecule has 2 aromatic rings. The van der Waals surface area contributed by atoms with Gasteiger partial charge in [0.05, 0.1) is 13.0 Å². The van der Waals surface area contributed by atoms with Gasteiger partial charge in [-0.25, -0.2) is 0 Å². The molecule has 3 nitrogen and oxygen atoms in total. The van der Waals surface area contributed by atoms with E-state index in [2.05, 4.69) is 18.3 Å². The molecule has 21 heavy (non-hydrogen) atoms. The molecule has 2 aromatic carbocycles. The molecule has 0 radical (unpaired) electrons. The summed E-state index contributed by atoms with van der Waals surface area (Å²) >= 11 is 0. The maximum absolute atomic E-state index is 12.2. The van der Waals surface area contributed by atoms with Crippen LogP contribution in [0, 0.1) is 0 Å². The van der Waals surface area contributed by atoms with E-state index >= 15 is 0 Å². The fourth-order valence-corrected chi connectivity index (χ4v) is 2.26. The Morgan fingerprint density at radius 1 is 1.14 bits per heavy atom. The van der Waals surface area contributed by atoms with Crippen LogP contribution >= 0.6 is 0 Å². The molecule has 0 bridgehead atoms. The number of hydrogen-bond donors (Lipinski definition) is 1. The van der Waals surface area contributed by atoms with Crippen LogP contribution in [0.15, 0.2) is 36.4 Å². The number of ether oxygens (including phenoxy) is 1. The van der Waals surface area contributed by atoms with E-state index in [1.807, 2.05) is 44.2 Å². The van der Waals surface area contributed by atoms with Crippen molar-refractivity contribution in [2.75, 3.05) is 7.11 Å². The Hall–Kier alpha value is -2.03. The number of benzene rings is 2. The van der Waals surface area contributed by atoms with Gasteiger partial charge in [0.1, 0.15) is 5.75 Å². The molecule has 0 aliphatic carbocycles. The molecule has 0 unspecified atom stereocenters. The highest BCUT2D eigenvalue weighted by Crippen LogP contribution is 2.25. The fraction of sp³-hybridized carbons (Fsp3) is 0.389. The minimum Gasteiger partial charge on any atom is -0.497 e. The summed E-state index contributed by atoms with van der Waals surface area (Å²) in [6, 6.07) is 12.3. The lowest BCUT2D eigenvalue weighted by Crippen LogP contribution is -2.35. The SMILES string of the molecule is CC[C@@H](C)NC(=O)[C@@H](C)c1ccc2cc(OC)ccc2c1. The predicted octanol–water partition coefficient (Wildman–Crippen LogP) is 3.87. The van der Waals surface area contributed by atoms with Crippen LogP contribution in [0.5, 0.6) is 5.75 Å². The van der Waals surface area contributed by atoms with Crippen molar-refractivity contribution in [3.05, 3.63) is 42.0 Å². The van der Waals surface area contributed by atoms with Gasteiger partial charge in [-0.3, -0.25) is 4.79 Å².